The van der Waals surface area contributed by atoms with Crippen LogP contribution in [0, 0.1) is 13.8 Å². The van der Waals surface area contributed by atoms with Gasteiger partial charge < -0.3 is 10.2 Å². The van der Waals surface area contributed by atoms with E-state index in [1.807, 2.05) is 4.90 Å². The Balaban J connectivity index is 1.90. The van der Waals surface area contributed by atoms with Crippen molar-refractivity contribution >= 4 is 11.6 Å². The van der Waals surface area contributed by atoms with Crippen LogP contribution in [0.2, 0.25) is 0 Å². The molecule has 0 saturated carbocycles. The second kappa shape index (κ2) is 5.89. The first-order chi connectivity index (χ1) is 8.66. The maximum atomic E-state index is 12.0. The van der Waals surface area contributed by atoms with Crippen molar-refractivity contribution in [3.63, 3.8) is 0 Å². The molecular formula is C15H22N2O. The fourth-order valence-electron chi connectivity index (χ4n) is 2.35. The first-order valence-electron chi connectivity index (χ1n) is 6.76. The number of likely N-dealkylation sites (tertiary alicyclic amines) is 1. The number of amides is 1. The molecule has 3 nitrogen and oxygen atoms in total. The Morgan fingerprint density at radius 1 is 1.22 bits per heavy atom. The van der Waals surface area contributed by atoms with Gasteiger partial charge in [-0.15, -0.1) is 0 Å². The van der Waals surface area contributed by atoms with Gasteiger partial charge in [0.2, 0.25) is 5.91 Å². The molecule has 18 heavy (non-hydrogen) atoms. The SMILES string of the molecule is Cc1ccc(C)c(NCC(=O)N2CCCCC2)c1. The maximum absolute atomic E-state index is 12.0. The summed E-state index contributed by atoms with van der Waals surface area (Å²) in [6.07, 6.45) is 3.55. The molecule has 1 aliphatic rings. The topological polar surface area (TPSA) is 32.3 Å². The van der Waals surface area contributed by atoms with Crippen LogP contribution in [0.3, 0.4) is 0 Å². The van der Waals surface area contributed by atoms with E-state index in [0.29, 0.717) is 6.54 Å². The minimum absolute atomic E-state index is 0.218. The number of hydrogen-bond acceptors (Lipinski definition) is 2. The van der Waals surface area contributed by atoms with Gasteiger partial charge in [-0.3, -0.25) is 4.79 Å². The molecule has 0 atom stereocenters. The number of carbonyl (C=O) groups excluding carboxylic acids is 1. The second-order valence-corrected chi connectivity index (χ2v) is 5.11. The Morgan fingerprint density at radius 2 is 1.94 bits per heavy atom. The number of piperidine rings is 1. The van der Waals surface area contributed by atoms with Crippen LogP contribution >= 0.6 is 0 Å². The Bertz CT molecular complexity index is 423. The lowest BCUT2D eigenvalue weighted by Gasteiger charge is -2.27. The quantitative estimate of drug-likeness (QED) is 0.889. The average molecular weight is 246 g/mol. The zero-order valence-corrected chi connectivity index (χ0v) is 11.3. The predicted octanol–water partition coefficient (Wildman–Crippen LogP) is 2.73. The fourth-order valence-corrected chi connectivity index (χ4v) is 2.35. The summed E-state index contributed by atoms with van der Waals surface area (Å²) in [4.78, 5) is 14.0. The van der Waals surface area contributed by atoms with E-state index >= 15 is 0 Å². The van der Waals surface area contributed by atoms with Crippen molar-refractivity contribution in [3.8, 4) is 0 Å². The van der Waals surface area contributed by atoms with Gasteiger partial charge in [-0.1, -0.05) is 12.1 Å². The number of nitrogens with zero attached hydrogens (tertiary/aromatic N) is 1. The fraction of sp³-hybridized carbons (Fsp3) is 0.533. The summed E-state index contributed by atoms with van der Waals surface area (Å²) in [6.45, 7) is 6.38. The van der Waals surface area contributed by atoms with Gasteiger partial charge >= 0.3 is 0 Å². The van der Waals surface area contributed by atoms with Gasteiger partial charge in [0.25, 0.3) is 0 Å². The third kappa shape index (κ3) is 3.25. The Labute approximate surface area is 109 Å². The predicted molar refractivity (Wildman–Crippen MR) is 74.8 cm³/mol. The molecule has 3 heteroatoms. The van der Waals surface area contributed by atoms with E-state index < -0.39 is 0 Å². The molecule has 0 spiro atoms. The third-order valence-corrected chi connectivity index (χ3v) is 3.53. The van der Waals surface area contributed by atoms with Crippen LogP contribution in [0.1, 0.15) is 30.4 Å². The molecule has 1 aliphatic heterocycles. The van der Waals surface area contributed by atoms with E-state index in [4.69, 9.17) is 0 Å². The molecule has 0 unspecified atom stereocenters. The van der Waals surface area contributed by atoms with Gasteiger partial charge in [-0.05, 0) is 50.3 Å². The third-order valence-electron chi connectivity index (χ3n) is 3.53. The molecule has 1 fully saturated rings. The zero-order valence-electron chi connectivity index (χ0n) is 11.3. The summed E-state index contributed by atoms with van der Waals surface area (Å²) < 4.78 is 0. The summed E-state index contributed by atoms with van der Waals surface area (Å²) in [5, 5.41) is 3.26. The molecule has 98 valence electrons. The van der Waals surface area contributed by atoms with Crippen molar-refractivity contribution in [1.29, 1.82) is 0 Å². The van der Waals surface area contributed by atoms with E-state index in [9.17, 15) is 4.79 Å². The highest BCUT2D eigenvalue weighted by atomic mass is 16.2. The lowest BCUT2D eigenvalue weighted by molar-refractivity contribution is -0.130. The number of nitrogens with one attached hydrogen (secondary N) is 1. The zero-order chi connectivity index (χ0) is 13.0. The van der Waals surface area contributed by atoms with Crippen LogP contribution in [0.4, 0.5) is 5.69 Å². The number of hydrogen-bond donors (Lipinski definition) is 1. The van der Waals surface area contributed by atoms with Crippen LogP contribution in [-0.4, -0.2) is 30.4 Å². The van der Waals surface area contributed by atoms with Crippen molar-refractivity contribution in [2.75, 3.05) is 25.0 Å². The number of carbonyl (C=O) groups is 1. The van der Waals surface area contributed by atoms with Gasteiger partial charge in [-0.25, -0.2) is 0 Å². The molecule has 1 saturated heterocycles. The maximum Gasteiger partial charge on any atom is 0.241 e. The van der Waals surface area contributed by atoms with E-state index in [0.717, 1.165) is 31.6 Å². The molecule has 0 aliphatic carbocycles. The molecule has 1 aromatic carbocycles. The van der Waals surface area contributed by atoms with Gasteiger partial charge in [0.05, 0.1) is 6.54 Å². The lowest BCUT2D eigenvalue weighted by atomic mass is 10.1. The summed E-state index contributed by atoms with van der Waals surface area (Å²) in [5.74, 6) is 0.218. The minimum Gasteiger partial charge on any atom is -0.376 e. The van der Waals surface area contributed by atoms with Crippen LogP contribution in [0.5, 0.6) is 0 Å². The van der Waals surface area contributed by atoms with Gasteiger partial charge in [-0.2, -0.15) is 0 Å². The highest BCUT2D eigenvalue weighted by Crippen LogP contribution is 2.16. The highest BCUT2D eigenvalue weighted by molar-refractivity contribution is 5.81. The van der Waals surface area contributed by atoms with E-state index in [1.54, 1.807) is 0 Å². The summed E-state index contributed by atoms with van der Waals surface area (Å²) in [6, 6.07) is 6.27. The molecule has 1 aromatic rings. The Kier molecular flexibility index (Phi) is 4.24. The van der Waals surface area contributed by atoms with Gasteiger partial charge in [0.1, 0.15) is 0 Å². The summed E-state index contributed by atoms with van der Waals surface area (Å²) >= 11 is 0. The number of aryl methyl sites for hydroxylation is 2. The minimum atomic E-state index is 0.218. The molecule has 2 rings (SSSR count). The molecule has 0 radical (unpaired) electrons. The van der Waals surface area contributed by atoms with Crippen LogP contribution in [0.15, 0.2) is 18.2 Å². The molecule has 1 amide bonds. The highest BCUT2D eigenvalue weighted by Gasteiger charge is 2.15. The van der Waals surface area contributed by atoms with Crippen molar-refractivity contribution < 1.29 is 4.79 Å². The molecular weight excluding hydrogens is 224 g/mol. The first-order valence-corrected chi connectivity index (χ1v) is 6.76. The monoisotopic (exact) mass is 246 g/mol. The largest absolute Gasteiger partial charge is 0.376 e. The van der Waals surface area contributed by atoms with Crippen LogP contribution in [0.25, 0.3) is 0 Å². The van der Waals surface area contributed by atoms with E-state index in [2.05, 4.69) is 37.4 Å². The van der Waals surface area contributed by atoms with Crippen molar-refractivity contribution in [2.24, 2.45) is 0 Å². The molecule has 0 aromatic heterocycles. The second-order valence-electron chi connectivity index (χ2n) is 5.11. The van der Waals surface area contributed by atoms with Crippen molar-refractivity contribution in [1.82, 2.24) is 4.90 Å². The Morgan fingerprint density at radius 3 is 2.67 bits per heavy atom. The lowest BCUT2D eigenvalue weighted by Crippen LogP contribution is -2.39. The summed E-state index contributed by atoms with van der Waals surface area (Å²) in [7, 11) is 0. The van der Waals surface area contributed by atoms with E-state index in [-0.39, 0.29) is 5.91 Å². The van der Waals surface area contributed by atoms with Crippen molar-refractivity contribution in [3.05, 3.63) is 29.3 Å². The average Bonchev–Trinajstić information content (AvgIpc) is 2.40. The molecule has 1 N–H and O–H groups in total. The smallest absolute Gasteiger partial charge is 0.241 e. The number of anilines is 1. The number of benzene rings is 1. The summed E-state index contributed by atoms with van der Waals surface area (Å²) in [5.41, 5.74) is 3.47. The van der Waals surface area contributed by atoms with E-state index in [1.165, 1.54) is 17.5 Å². The first kappa shape index (κ1) is 12.9. The normalized spacial score (nSPS) is 15.6. The van der Waals surface area contributed by atoms with Gasteiger partial charge in [0, 0.05) is 18.8 Å². The standard InChI is InChI=1S/C15H22N2O/c1-12-6-7-13(2)14(10-12)16-11-15(18)17-8-4-3-5-9-17/h6-7,10,16H,3-5,8-9,11H2,1-2H3. The van der Waals surface area contributed by atoms with Crippen LogP contribution < -0.4 is 5.32 Å². The Hall–Kier alpha value is -1.51. The molecule has 0 bridgehead atoms. The number of rotatable bonds is 3. The molecule has 1 heterocycles. The van der Waals surface area contributed by atoms with Crippen molar-refractivity contribution in [2.45, 2.75) is 33.1 Å². The van der Waals surface area contributed by atoms with Crippen LogP contribution in [-0.2, 0) is 4.79 Å². The van der Waals surface area contributed by atoms with Gasteiger partial charge in [0.15, 0.2) is 0 Å².